The third-order valence-corrected chi connectivity index (χ3v) is 2.05. The highest BCUT2D eigenvalue weighted by Gasteiger charge is 2.04. The minimum Gasteiger partial charge on any atom is -0.382 e. The fourth-order valence-corrected chi connectivity index (χ4v) is 1.38. The quantitative estimate of drug-likeness (QED) is 0.299. The molecule has 0 spiro atoms. The normalized spacial score (nSPS) is 11.9. The van der Waals surface area contributed by atoms with E-state index in [4.69, 9.17) is 11.6 Å². The van der Waals surface area contributed by atoms with Gasteiger partial charge in [-0.05, 0) is 12.1 Å². The lowest BCUT2D eigenvalue weighted by Gasteiger charge is -2.03. The molecule has 4 N–H and O–H groups in total. The standard InChI is InChI=1S/C10H10N4/c11-10(14-12)8-5-1-3-7-4-2-6-13-9(7)8/h1-6H,12H2,(H2,11,14). The van der Waals surface area contributed by atoms with Crippen molar-refractivity contribution in [2.45, 2.75) is 0 Å². The molecule has 0 saturated heterocycles. The Kier molecular flexibility index (Phi) is 2.02. The van der Waals surface area contributed by atoms with Crippen LogP contribution in [0.25, 0.3) is 10.9 Å². The average Bonchev–Trinajstić information content (AvgIpc) is 2.27. The fraction of sp³-hybridized carbons (Fsp3) is 0. The molecular weight excluding hydrogens is 176 g/mol. The van der Waals surface area contributed by atoms with Crippen LogP contribution in [0.5, 0.6) is 0 Å². The van der Waals surface area contributed by atoms with Gasteiger partial charge in [0.05, 0.1) is 5.52 Å². The average molecular weight is 186 g/mol. The maximum absolute atomic E-state index is 5.65. The summed E-state index contributed by atoms with van der Waals surface area (Å²) < 4.78 is 0. The molecule has 4 nitrogen and oxygen atoms in total. The van der Waals surface area contributed by atoms with Crippen molar-refractivity contribution in [2.75, 3.05) is 0 Å². The number of para-hydroxylation sites is 1. The van der Waals surface area contributed by atoms with E-state index in [9.17, 15) is 0 Å². The van der Waals surface area contributed by atoms with Gasteiger partial charge in [0.1, 0.15) is 0 Å². The minimum absolute atomic E-state index is 0.300. The van der Waals surface area contributed by atoms with E-state index in [1.807, 2.05) is 30.3 Å². The molecule has 0 amide bonds. The lowest BCUT2D eigenvalue weighted by molar-refractivity contribution is 1.23. The number of aromatic nitrogens is 1. The zero-order valence-corrected chi connectivity index (χ0v) is 7.51. The van der Waals surface area contributed by atoms with Crippen LogP contribution in [0.15, 0.2) is 41.6 Å². The minimum atomic E-state index is 0.300. The zero-order chi connectivity index (χ0) is 9.97. The first-order chi connectivity index (χ1) is 6.83. The summed E-state index contributed by atoms with van der Waals surface area (Å²) in [5.41, 5.74) is 7.24. The third-order valence-electron chi connectivity index (χ3n) is 2.05. The van der Waals surface area contributed by atoms with Gasteiger partial charge in [0.2, 0.25) is 0 Å². The molecule has 0 bridgehead atoms. The lowest BCUT2D eigenvalue weighted by atomic mass is 10.1. The monoisotopic (exact) mass is 186 g/mol. The molecule has 0 radical (unpaired) electrons. The molecular formula is C10H10N4. The van der Waals surface area contributed by atoms with Crippen molar-refractivity contribution in [1.82, 2.24) is 4.98 Å². The number of hydrazone groups is 1. The van der Waals surface area contributed by atoms with Crippen LogP contribution in [0.4, 0.5) is 0 Å². The number of hydrogen-bond donors (Lipinski definition) is 2. The van der Waals surface area contributed by atoms with Crippen LogP contribution in [-0.2, 0) is 0 Å². The van der Waals surface area contributed by atoms with E-state index in [0.29, 0.717) is 5.84 Å². The van der Waals surface area contributed by atoms with E-state index >= 15 is 0 Å². The van der Waals surface area contributed by atoms with Crippen molar-refractivity contribution in [2.24, 2.45) is 16.7 Å². The van der Waals surface area contributed by atoms with Crippen LogP contribution in [0.1, 0.15) is 5.56 Å². The number of fused-ring (bicyclic) bond motifs is 1. The summed E-state index contributed by atoms with van der Waals surface area (Å²) in [6.45, 7) is 0. The number of rotatable bonds is 1. The van der Waals surface area contributed by atoms with Gasteiger partial charge >= 0.3 is 0 Å². The molecule has 70 valence electrons. The summed E-state index contributed by atoms with van der Waals surface area (Å²) in [5.74, 6) is 5.43. The Hall–Kier alpha value is -2.10. The second kappa shape index (κ2) is 3.33. The molecule has 0 aliphatic rings. The summed E-state index contributed by atoms with van der Waals surface area (Å²) in [6.07, 6.45) is 1.72. The van der Waals surface area contributed by atoms with E-state index < -0.39 is 0 Å². The number of hydrogen-bond acceptors (Lipinski definition) is 3. The number of nitrogens with zero attached hydrogens (tertiary/aromatic N) is 2. The summed E-state index contributed by atoms with van der Waals surface area (Å²) >= 11 is 0. The molecule has 0 aliphatic heterocycles. The largest absolute Gasteiger partial charge is 0.382 e. The van der Waals surface area contributed by atoms with Crippen molar-refractivity contribution in [3.8, 4) is 0 Å². The Bertz CT molecular complexity index is 485. The molecule has 2 aromatic rings. The smallest absolute Gasteiger partial charge is 0.152 e. The maximum Gasteiger partial charge on any atom is 0.152 e. The van der Waals surface area contributed by atoms with Crippen LogP contribution in [0, 0.1) is 0 Å². The van der Waals surface area contributed by atoms with Gasteiger partial charge in [-0.25, -0.2) is 0 Å². The predicted octanol–water partition coefficient (Wildman–Crippen LogP) is 0.814. The molecule has 0 fully saturated rings. The van der Waals surface area contributed by atoms with Gasteiger partial charge in [-0.15, -0.1) is 0 Å². The van der Waals surface area contributed by atoms with Crippen molar-refractivity contribution >= 4 is 16.7 Å². The van der Waals surface area contributed by atoms with Gasteiger partial charge in [-0.3, -0.25) is 4.98 Å². The second-order valence-electron chi connectivity index (χ2n) is 2.90. The fourth-order valence-electron chi connectivity index (χ4n) is 1.38. The highest BCUT2D eigenvalue weighted by atomic mass is 15.2. The Morgan fingerprint density at radius 2 is 2.00 bits per heavy atom. The molecule has 0 unspecified atom stereocenters. The molecule has 4 heteroatoms. The third kappa shape index (κ3) is 1.26. The highest BCUT2D eigenvalue weighted by Crippen LogP contribution is 2.15. The number of amidine groups is 1. The first-order valence-corrected chi connectivity index (χ1v) is 4.20. The Morgan fingerprint density at radius 1 is 1.21 bits per heavy atom. The van der Waals surface area contributed by atoms with Crippen molar-refractivity contribution in [3.05, 3.63) is 42.1 Å². The van der Waals surface area contributed by atoms with E-state index in [1.165, 1.54) is 0 Å². The van der Waals surface area contributed by atoms with Crippen LogP contribution in [-0.4, -0.2) is 10.8 Å². The van der Waals surface area contributed by atoms with Gasteiger partial charge in [-0.1, -0.05) is 18.2 Å². The number of pyridine rings is 1. The van der Waals surface area contributed by atoms with Crippen LogP contribution >= 0.6 is 0 Å². The molecule has 1 heterocycles. The van der Waals surface area contributed by atoms with E-state index in [1.54, 1.807) is 6.20 Å². The topological polar surface area (TPSA) is 77.3 Å². The number of benzene rings is 1. The molecule has 1 aromatic carbocycles. The first kappa shape index (κ1) is 8.50. The van der Waals surface area contributed by atoms with Crippen molar-refractivity contribution in [1.29, 1.82) is 0 Å². The lowest BCUT2D eigenvalue weighted by Crippen LogP contribution is -2.16. The van der Waals surface area contributed by atoms with Crippen LogP contribution in [0.3, 0.4) is 0 Å². The molecule has 0 atom stereocenters. The highest BCUT2D eigenvalue weighted by molar-refractivity contribution is 6.07. The van der Waals surface area contributed by atoms with Crippen LogP contribution in [0.2, 0.25) is 0 Å². The van der Waals surface area contributed by atoms with Gasteiger partial charge < -0.3 is 11.6 Å². The summed E-state index contributed by atoms with van der Waals surface area (Å²) in [5, 5.41) is 4.49. The van der Waals surface area contributed by atoms with E-state index in [0.717, 1.165) is 16.5 Å². The van der Waals surface area contributed by atoms with Gasteiger partial charge in [0.25, 0.3) is 0 Å². The van der Waals surface area contributed by atoms with Crippen LogP contribution < -0.4 is 11.6 Å². The van der Waals surface area contributed by atoms with Gasteiger partial charge in [-0.2, -0.15) is 5.10 Å². The molecule has 0 saturated carbocycles. The second-order valence-corrected chi connectivity index (χ2v) is 2.90. The van der Waals surface area contributed by atoms with Crippen molar-refractivity contribution < 1.29 is 0 Å². The molecule has 2 rings (SSSR count). The Balaban J connectivity index is 2.77. The maximum atomic E-state index is 5.65. The molecule has 14 heavy (non-hydrogen) atoms. The Morgan fingerprint density at radius 3 is 2.79 bits per heavy atom. The summed E-state index contributed by atoms with van der Waals surface area (Å²) in [6, 6.07) is 9.56. The zero-order valence-electron chi connectivity index (χ0n) is 7.51. The Labute approximate surface area is 81.2 Å². The van der Waals surface area contributed by atoms with E-state index in [2.05, 4.69) is 10.1 Å². The van der Waals surface area contributed by atoms with Gasteiger partial charge in [0, 0.05) is 17.1 Å². The molecule has 0 aliphatic carbocycles. The first-order valence-electron chi connectivity index (χ1n) is 4.20. The molecule has 1 aromatic heterocycles. The predicted molar refractivity (Wildman–Crippen MR) is 56.7 cm³/mol. The van der Waals surface area contributed by atoms with E-state index in [-0.39, 0.29) is 0 Å². The SMILES string of the molecule is NN=C(N)c1cccc2cccnc12. The summed E-state index contributed by atoms with van der Waals surface area (Å²) in [4.78, 5) is 4.23. The van der Waals surface area contributed by atoms with Crippen molar-refractivity contribution in [3.63, 3.8) is 0 Å². The number of nitrogens with two attached hydrogens (primary N) is 2. The summed E-state index contributed by atoms with van der Waals surface area (Å²) in [7, 11) is 0. The van der Waals surface area contributed by atoms with Gasteiger partial charge in [0.15, 0.2) is 5.84 Å².